The predicted octanol–water partition coefficient (Wildman–Crippen LogP) is 3.42. The number of rotatable bonds is 5. The zero-order valence-corrected chi connectivity index (χ0v) is 13.3. The largest absolute Gasteiger partial charge is 0.573 e. The van der Waals surface area contributed by atoms with E-state index in [1.807, 2.05) is 6.08 Å². The van der Waals surface area contributed by atoms with Crippen LogP contribution in [0.25, 0.3) is 5.57 Å². The summed E-state index contributed by atoms with van der Waals surface area (Å²) in [5.74, 6) is -1.54. The third-order valence-electron chi connectivity index (χ3n) is 3.83. The first kappa shape index (κ1) is 17.8. The highest BCUT2D eigenvalue weighted by atomic mass is 19.4. The summed E-state index contributed by atoms with van der Waals surface area (Å²) in [7, 11) is 0. The number of aromatic nitrogens is 3. The lowest BCUT2D eigenvalue weighted by atomic mass is 9.92. The van der Waals surface area contributed by atoms with E-state index in [-0.39, 0.29) is 23.4 Å². The third-order valence-corrected chi connectivity index (χ3v) is 3.83. The van der Waals surface area contributed by atoms with E-state index in [1.54, 1.807) is 12.1 Å². The number of hydrogen-bond acceptors (Lipinski definition) is 5. The molecule has 0 saturated heterocycles. The fraction of sp³-hybridized carbons (Fsp3) is 0.312. The summed E-state index contributed by atoms with van der Waals surface area (Å²) in [5, 5.41) is 18.3. The van der Waals surface area contributed by atoms with E-state index in [0.29, 0.717) is 19.3 Å². The molecule has 1 aromatic carbocycles. The number of allylic oxidation sites excluding steroid dienone is 1. The van der Waals surface area contributed by atoms with Gasteiger partial charge in [-0.05, 0) is 36.1 Å². The van der Waals surface area contributed by atoms with Crippen molar-refractivity contribution >= 4 is 11.5 Å². The highest BCUT2D eigenvalue weighted by molar-refractivity contribution is 5.87. The van der Waals surface area contributed by atoms with Gasteiger partial charge in [0.05, 0.1) is 0 Å². The maximum atomic E-state index is 12.2. The first-order valence-electron chi connectivity index (χ1n) is 7.68. The molecule has 2 N–H and O–H groups in total. The maximum absolute atomic E-state index is 12.2. The van der Waals surface area contributed by atoms with Crippen molar-refractivity contribution < 1.29 is 32.5 Å². The number of halogens is 3. The molecule has 1 unspecified atom stereocenters. The van der Waals surface area contributed by atoms with Crippen LogP contribution < -0.4 is 9.47 Å². The Bertz CT molecular complexity index is 815. The van der Waals surface area contributed by atoms with Gasteiger partial charge < -0.3 is 14.6 Å². The molecule has 0 fully saturated rings. The Morgan fingerprint density at radius 3 is 2.58 bits per heavy atom. The molecule has 2 aromatic rings. The number of alkyl halides is 3. The van der Waals surface area contributed by atoms with Crippen molar-refractivity contribution in [3.63, 3.8) is 0 Å². The molecule has 1 aliphatic rings. The van der Waals surface area contributed by atoms with Gasteiger partial charge in [0.2, 0.25) is 5.69 Å². The summed E-state index contributed by atoms with van der Waals surface area (Å²) in [6, 6.07) is 5.66. The zero-order chi connectivity index (χ0) is 18.7. The molecule has 1 heterocycles. The predicted molar refractivity (Wildman–Crippen MR) is 82.7 cm³/mol. The van der Waals surface area contributed by atoms with Gasteiger partial charge in [-0.2, -0.15) is 0 Å². The van der Waals surface area contributed by atoms with Crippen LogP contribution in [-0.4, -0.2) is 39.0 Å². The van der Waals surface area contributed by atoms with Crippen LogP contribution in [0.4, 0.5) is 13.2 Å². The lowest BCUT2D eigenvalue weighted by molar-refractivity contribution is -0.274. The number of carboxylic acids is 1. The molecule has 1 atom stereocenters. The molecular formula is C16H14F3N3O4. The molecule has 3 rings (SSSR count). The SMILES string of the molecule is O=C(O)c1[nH]nnc1OC1CC=C(c2ccc(OC(F)(F)F)cc2)CC1. The number of carbonyl (C=O) groups is 1. The molecular weight excluding hydrogens is 355 g/mol. The monoisotopic (exact) mass is 369 g/mol. The maximum Gasteiger partial charge on any atom is 0.573 e. The number of hydrogen-bond donors (Lipinski definition) is 2. The minimum atomic E-state index is -4.72. The van der Waals surface area contributed by atoms with Gasteiger partial charge in [0.25, 0.3) is 5.88 Å². The quantitative estimate of drug-likeness (QED) is 0.838. The molecule has 1 aromatic heterocycles. The average molecular weight is 369 g/mol. The van der Waals surface area contributed by atoms with E-state index < -0.39 is 12.3 Å². The number of benzene rings is 1. The Hall–Kier alpha value is -3.04. The van der Waals surface area contributed by atoms with Crippen molar-refractivity contribution in [1.82, 2.24) is 15.4 Å². The van der Waals surface area contributed by atoms with E-state index in [1.165, 1.54) is 12.1 Å². The molecule has 0 radical (unpaired) electrons. The number of aromatic amines is 1. The standard InChI is InChI=1S/C16H14F3N3O4/c17-16(18,19)26-12-7-3-10(4-8-12)9-1-5-11(6-2-9)25-14-13(15(23)24)20-22-21-14/h1,3-4,7-8,11H,2,5-6H2,(H,23,24)(H,20,21,22). The van der Waals surface area contributed by atoms with Crippen LogP contribution in [0, 0.1) is 0 Å². The van der Waals surface area contributed by atoms with Crippen LogP contribution in [0.15, 0.2) is 30.3 Å². The van der Waals surface area contributed by atoms with Crippen LogP contribution in [0.2, 0.25) is 0 Å². The summed E-state index contributed by atoms with van der Waals surface area (Å²) in [6.45, 7) is 0. The topological polar surface area (TPSA) is 97.3 Å². The molecule has 0 saturated carbocycles. The van der Waals surface area contributed by atoms with Crippen LogP contribution >= 0.6 is 0 Å². The van der Waals surface area contributed by atoms with E-state index in [0.717, 1.165) is 11.1 Å². The zero-order valence-electron chi connectivity index (χ0n) is 13.3. The molecule has 7 nitrogen and oxygen atoms in total. The van der Waals surface area contributed by atoms with Crippen molar-refractivity contribution in [3.05, 3.63) is 41.6 Å². The number of carboxylic acid groups (broad SMARTS) is 1. The van der Waals surface area contributed by atoms with Crippen molar-refractivity contribution in [1.29, 1.82) is 0 Å². The van der Waals surface area contributed by atoms with E-state index in [2.05, 4.69) is 20.1 Å². The van der Waals surface area contributed by atoms with Crippen LogP contribution in [0.5, 0.6) is 11.6 Å². The van der Waals surface area contributed by atoms with E-state index in [4.69, 9.17) is 9.84 Å². The average Bonchev–Trinajstić information content (AvgIpc) is 3.03. The minimum Gasteiger partial charge on any atom is -0.476 e. The van der Waals surface area contributed by atoms with Gasteiger partial charge in [0.1, 0.15) is 11.9 Å². The Morgan fingerprint density at radius 2 is 2.00 bits per heavy atom. The van der Waals surface area contributed by atoms with Crippen molar-refractivity contribution in [2.24, 2.45) is 0 Å². The van der Waals surface area contributed by atoms with Gasteiger partial charge >= 0.3 is 12.3 Å². The summed E-state index contributed by atoms with van der Waals surface area (Å²) >= 11 is 0. The van der Waals surface area contributed by atoms with Gasteiger partial charge in [-0.3, -0.25) is 0 Å². The summed E-state index contributed by atoms with van der Waals surface area (Å²) in [4.78, 5) is 11.0. The van der Waals surface area contributed by atoms with Crippen molar-refractivity contribution in [2.45, 2.75) is 31.7 Å². The number of nitrogens with zero attached hydrogens (tertiary/aromatic N) is 2. The number of ether oxygens (including phenoxy) is 2. The first-order valence-corrected chi connectivity index (χ1v) is 7.68. The van der Waals surface area contributed by atoms with Crippen LogP contribution in [0.1, 0.15) is 35.3 Å². The molecule has 26 heavy (non-hydrogen) atoms. The number of nitrogens with one attached hydrogen (secondary N) is 1. The smallest absolute Gasteiger partial charge is 0.476 e. The lowest BCUT2D eigenvalue weighted by Crippen LogP contribution is -2.20. The number of H-pyrrole nitrogens is 1. The lowest BCUT2D eigenvalue weighted by Gasteiger charge is -2.22. The fourth-order valence-corrected chi connectivity index (χ4v) is 2.65. The van der Waals surface area contributed by atoms with Gasteiger partial charge in [-0.1, -0.05) is 28.5 Å². The molecule has 0 bridgehead atoms. The Balaban J connectivity index is 1.62. The Labute approximate surface area is 145 Å². The minimum absolute atomic E-state index is 0.0620. The molecule has 0 aliphatic heterocycles. The summed E-state index contributed by atoms with van der Waals surface area (Å²) in [5.41, 5.74) is 1.56. The van der Waals surface area contributed by atoms with Gasteiger partial charge in [0, 0.05) is 6.42 Å². The van der Waals surface area contributed by atoms with E-state index in [9.17, 15) is 18.0 Å². The van der Waals surface area contributed by atoms with Crippen molar-refractivity contribution in [2.75, 3.05) is 0 Å². The highest BCUT2D eigenvalue weighted by Gasteiger charge is 2.31. The Kier molecular flexibility index (Phi) is 4.83. The second-order valence-corrected chi connectivity index (χ2v) is 5.61. The Morgan fingerprint density at radius 1 is 1.27 bits per heavy atom. The first-order chi connectivity index (χ1) is 12.3. The fourth-order valence-electron chi connectivity index (χ4n) is 2.65. The van der Waals surface area contributed by atoms with Crippen molar-refractivity contribution in [3.8, 4) is 11.6 Å². The third kappa shape index (κ3) is 4.32. The van der Waals surface area contributed by atoms with E-state index >= 15 is 0 Å². The molecule has 0 amide bonds. The second-order valence-electron chi connectivity index (χ2n) is 5.61. The van der Waals surface area contributed by atoms with Gasteiger partial charge in [-0.15, -0.1) is 13.2 Å². The molecule has 10 heteroatoms. The number of aromatic carboxylic acids is 1. The molecule has 138 valence electrons. The van der Waals surface area contributed by atoms with Crippen LogP contribution in [-0.2, 0) is 0 Å². The summed E-state index contributed by atoms with van der Waals surface area (Å²) in [6.07, 6.45) is -1.30. The van der Waals surface area contributed by atoms with Gasteiger partial charge in [0.15, 0.2) is 0 Å². The molecule has 1 aliphatic carbocycles. The van der Waals surface area contributed by atoms with Crippen LogP contribution in [0.3, 0.4) is 0 Å². The normalized spacial score (nSPS) is 17.5. The van der Waals surface area contributed by atoms with Gasteiger partial charge in [-0.25, -0.2) is 9.89 Å². The second kappa shape index (κ2) is 7.06. The molecule has 0 spiro atoms. The highest BCUT2D eigenvalue weighted by Crippen LogP contribution is 2.31. The summed E-state index contributed by atoms with van der Waals surface area (Å²) < 4.78 is 45.9.